The van der Waals surface area contributed by atoms with Gasteiger partial charge in [0.1, 0.15) is 6.10 Å². The highest BCUT2D eigenvalue weighted by Crippen LogP contribution is 2.20. The fourth-order valence-electron chi connectivity index (χ4n) is 2.03. The standard InChI is InChI=1S/C12H23NO2/c1-3-6-10(2)13-9-12(14)15-11-7-4-5-8-11/h10-11,13H,3-9H2,1-2H3. The van der Waals surface area contributed by atoms with E-state index in [9.17, 15) is 4.79 Å². The van der Waals surface area contributed by atoms with Gasteiger partial charge in [-0.25, -0.2) is 0 Å². The first kappa shape index (κ1) is 12.5. The van der Waals surface area contributed by atoms with Crippen molar-refractivity contribution < 1.29 is 9.53 Å². The van der Waals surface area contributed by atoms with E-state index in [1.807, 2.05) is 0 Å². The maximum absolute atomic E-state index is 11.4. The molecule has 1 unspecified atom stereocenters. The molecular formula is C12H23NO2. The molecule has 1 saturated carbocycles. The van der Waals surface area contributed by atoms with E-state index in [4.69, 9.17) is 4.74 Å². The van der Waals surface area contributed by atoms with E-state index >= 15 is 0 Å². The zero-order valence-corrected chi connectivity index (χ0v) is 9.92. The van der Waals surface area contributed by atoms with Crippen LogP contribution < -0.4 is 5.32 Å². The van der Waals surface area contributed by atoms with Gasteiger partial charge in [0.2, 0.25) is 0 Å². The normalized spacial score (nSPS) is 19.1. The lowest BCUT2D eigenvalue weighted by Gasteiger charge is -2.14. The van der Waals surface area contributed by atoms with E-state index in [-0.39, 0.29) is 12.1 Å². The number of nitrogens with one attached hydrogen (secondary N) is 1. The molecule has 0 radical (unpaired) electrons. The van der Waals surface area contributed by atoms with Crippen LogP contribution in [0.25, 0.3) is 0 Å². The molecular weight excluding hydrogens is 190 g/mol. The van der Waals surface area contributed by atoms with Gasteiger partial charge in [-0.05, 0) is 39.0 Å². The first-order valence-electron chi connectivity index (χ1n) is 6.15. The lowest BCUT2D eigenvalue weighted by atomic mass is 10.2. The van der Waals surface area contributed by atoms with Gasteiger partial charge in [-0.1, -0.05) is 13.3 Å². The predicted octanol–water partition coefficient (Wildman–Crippen LogP) is 2.25. The van der Waals surface area contributed by atoms with Crippen LogP contribution in [-0.4, -0.2) is 24.7 Å². The molecule has 3 heteroatoms. The van der Waals surface area contributed by atoms with Crippen LogP contribution in [0.15, 0.2) is 0 Å². The Kier molecular flexibility index (Phi) is 5.69. The second-order valence-electron chi connectivity index (χ2n) is 4.47. The third kappa shape index (κ3) is 5.17. The molecule has 0 heterocycles. The van der Waals surface area contributed by atoms with Gasteiger partial charge in [0.05, 0.1) is 6.54 Å². The summed E-state index contributed by atoms with van der Waals surface area (Å²) >= 11 is 0. The minimum absolute atomic E-state index is 0.0927. The van der Waals surface area contributed by atoms with Gasteiger partial charge in [0, 0.05) is 6.04 Å². The third-order valence-electron chi connectivity index (χ3n) is 2.92. The molecule has 0 amide bonds. The lowest BCUT2D eigenvalue weighted by Crippen LogP contribution is -2.33. The van der Waals surface area contributed by atoms with Crippen LogP contribution in [0.4, 0.5) is 0 Å². The molecule has 1 rings (SSSR count). The summed E-state index contributed by atoms with van der Waals surface area (Å²) in [5.41, 5.74) is 0. The van der Waals surface area contributed by atoms with Crippen LogP contribution in [0.2, 0.25) is 0 Å². The topological polar surface area (TPSA) is 38.3 Å². The highest BCUT2D eigenvalue weighted by Gasteiger charge is 2.18. The number of hydrogen-bond donors (Lipinski definition) is 1. The first-order chi connectivity index (χ1) is 7.22. The molecule has 15 heavy (non-hydrogen) atoms. The molecule has 88 valence electrons. The summed E-state index contributed by atoms with van der Waals surface area (Å²) in [5.74, 6) is -0.0927. The van der Waals surface area contributed by atoms with E-state index in [0.29, 0.717) is 12.6 Å². The fraction of sp³-hybridized carbons (Fsp3) is 0.917. The van der Waals surface area contributed by atoms with Crippen LogP contribution in [0, 0.1) is 0 Å². The Morgan fingerprint density at radius 3 is 2.73 bits per heavy atom. The molecule has 0 bridgehead atoms. The SMILES string of the molecule is CCCC(C)NCC(=O)OC1CCCC1. The molecule has 0 aromatic carbocycles. The summed E-state index contributed by atoms with van der Waals surface area (Å²) in [4.78, 5) is 11.4. The van der Waals surface area contributed by atoms with Crippen LogP contribution >= 0.6 is 0 Å². The Balaban J connectivity index is 2.07. The second-order valence-corrected chi connectivity index (χ2v) is 4.47. The predicted molar refractivity (Wildman–Crippen MR) is 60.7 cm³/mol. The highest BCUT2D eigenvalue weighted by molar-refractivity contribution is 5.71. The number of carbonyl (C=O) groups excluding carboxylic acids is 1. The smallest absolute Gasteiger partial charge is 0.320 e. The third-order valence-corrected chi connectivity index (χ3v) is 2.92. The van der Waals surface area contributed by atoms with Crippen LogP contribution in [0.3, 0.4) is 0 Å². The Bertz CT molecular complexity index is 188. The monoisotopic (exact) mass is 213 g/mol. The molecule has 0 aromatic heterocycles. The van der Waals surface area contributed by atoms with E-state index in [1.54, 1.807) is 0 Å². The number of hydrogen-bond acceptors (Lipinski definition) is 3. The van der Waals surface area contributed by atoms with Crippen LogP contribution in [0.1, 0.15) is 52.4 Å². The zero-order chi connectivity index (χ0) is 11.1. The molecule has 1 aliphatic rings. The van der Waals surface area contributed by atoms with E-state index in [2.05, 4.69) is 19.2 Å². The van der Waals surface area contributed by atoms with Crippen molar-refractivity contribution in [2.45, 2.75) is 64.5 Å². The van der Waals surface area contributed by atoms with Crippen molar-refractivity contribution in [2.75, 3.05) is 6.54 Å². The summed E-state index contributed by atoms with van der Waals surface area (Å²) < 4.78 is 5.34. The van der Waals surface area contributed by atoms with Crippen molar-refractivity contribution in [3.8, 4) is 0 Å². The molecule has 1 atom stereocenters. The van der Waals surface area contributed by atoms with Crippen molar-refractivity contribution in [3.05, 3.63) is 0 Å². The Labute approximate surface area is 92.6 Å². The number of ether oxygens (including phenoxy) is 1. The Morgan fingerprint density at radius 1 is 1.47 bits per heavy atom. The van der Waals surface area contributed by atoms with Crippen molar-refractivity contribution in [2.24, 2.45) is 0 Å². The van der Waals surface area contributed by atoms with Crippen molar-refractivity contribution in [1.82, 2.24) is 5.32 Å². The average molecular weight is 213 g/mol. The van der Waals surface area contributed by atoms with Gasteiger partial charge in [-0.3, -0.25) is 4.79 Å². The van der Waals surface area contributed by atoms with Gasteiger partial charge in [0.25, 0.3) is 0 Å². The quantitative estimate of drug-likeness (QED) is 0.688. The van der Waals surface area contributed by atoms with Gasteiger partial charge in [-0.15, -0.1) is 0 Å². The molecule has 1 N–H and O–H groups in total. The molecule has 0 saturated heterocycles. The molecule has 0 aliphatic heterocycles. The maximum Gasteiger partial charge on any atom is 0.320 e. The Hall–Kier alpha value is -0.570. The molecule has 1 aliphatic carbocycles. The van der Waals surface area contributed by atoms with Crippen molar-refractivity contribution in [3.63, 3.8) is 0 Å². The Morgan fingerprint density at radius 2 is 2.13 bits per heavy atom. The van der Waals surface area contributed by atoms with Gasteiger partial charge in [0.15, 0.2) is 0 Å². The largest absolute Gasteiger partial charge is 0.461 e. The maximum atomic E-state index is 11.4. The highest BCUT2D eigenvalue weighted by atomic mass is 16.5. The van der Waals surface area contributed by atoms with Crippen LogP contribution in [-0.2, 0) is 9.53 Å². The molecule has 1 fully saturated rings. The minimum Gasteiger partial charge on any atom is -0.461 e. The van der Waals surface area contributed by atoms with Crippen LogP contribution in [0.5, 0.6) is 0 Å². The number of esters is 1. The minimum atomic E-state index is -0.0927. The average Bonchev–Trinajstić information content (AvgIpc) is 2.68. The van der Waals surface area contributed by atoms with E-state index in [0.717, 1.165) is 25.7 Å². The summed E-state index contributed by atoms with van der Waals surface area (Å²) in [6.45, 7) is 4.61. The van der Waals surface area contributed by atoms with Gasteiger partial charge in [-0.2, -0.15) is 0 Å². The van der Waals surface area contributed by atoms with Gasteiger partial charge >= 0.3 is 5.97 Å². The molecule has 0 spiro atoms. The first-order valence-corrected chi connectivity index (χ1v) is 6.15. The number of rotatable bonds is 6. The fourth-order valence-corrected chi connectivity index (χ4v) is 2.03. The molecule has 3 nitrogen and oxygen atoms in total. The lowest BCUT2D eigenvalue weighted by molar-refractivity contribution is -0.147. The summed E-state index contributed by atoms with van der Waals surface area (Å²) in [5, 5.41) is 3.18. The summed E-state index contributed by atoms with van der Waals surface area (Å²) in [6, 6.07) is 0.408. The van der Waals surface area contributed by atoms with Gasteiger partial charge < -0.3 is 10.1 Å². The summed E-state index contributed by atoms with van der Waals surface area (Å²) in [7, 11) is 0. The van der Waals surface area contributed by atoms with E-state index in [1.165, 1.54) is 12.8 Å². The number of carbonyl (C=O) groups is 1. The van der Waals surface area contributed by atoms with Crippen molar-refractivity contribution in [1.29, 1.82) is 0 Å². The second kappa shape index (κ2) is 6.83. The van der Waals surface area contributed by atoms with Crippen molar-refractivity contribution >= 4 is 5.97 Å². The summed E-state index contributed by atoms with van der Waals surface area (Å²) in [6.07, 6.45) is 6.96. The molecule has 0 aromatic rings. The zero-order valence-electron chi connectivity index (χ0n) is 9.92. The van der Waals surface area contributed by atoms with E-state index < -0.39 is 0 Å².